The molecule has 1 saturated carbocycles. The summed E-state index contributed by atoms with van der Waals surface area (Å²) in [6.45, 7) is 1.83. The monoisotopic (exact) mass is 239 g/mol. The quantitative estimate of drug-likeness (QED) is 0.600. The first-order valence-electron chi connectivity index (χ1n) is 6.08. The number of carbonyl (C=O) groups is 2. The van der Waals surface area contributed by atoms with E-state index in [2.05, 4.69) is 5.32 Å². The smallest absolute Gasteiger partial charge is 0.335 e. The molecule has 0 aliphatic heterocycles. The molecule has 1 fully saturated rings. The molecule has 4 heteroatoms. The van der Waals surface area contributed by atoms with Crippen LogP contribution in [0.1, 0.15) is 39.0 Å². The maximum Gasteiger partial charge on any atom is 0.335 e. The maximum absolute atomic E-state index is 11.8. The Bertz CT molecular complexity index is 334. The van der Waals surface area contributed by atoms with E-state index in [1.807, 2.05) is 6.92 Å². The van der Waals surface area contributed by atoms with Crippen LogP contribution in [0.3, 0.4) is 0 Å². The molecular formula is C13H21NO3. The molecule has 1 unspecified atom stereocenters. The Balaban J connectivity index is 2.79. The molecule has 1 N–H and O–H groups in total. The molecule has 0 saturated heterocycles. The van der Waals surface area contributed by atoms with Gasteiger partial charge in [0.1, 0.15) is 5.78 Å². The van der Waals surface area contributed by atoms with Crippen LogP contribution in [-0.4, -0.2) is 25.9 Å². The molecule has 0 radical (unpaired) electrons. The van der Waals surface area contributed by atoms with Crippen LogP contribution in [-0.2, 0) is 14.3 Å². The van der Waals surface area contributed by atoms with Crippen molar-refractivity contribution in [2.24, 2.45) is 5.92 Å². The number of esters is 1. The lowest BCUT2D eigenvalue weighted by Gasteiger charge is -2.21. The minimum Gasteiger partial charge on any atom is -0.466 e. The highest BCUT2D eigenvalue weighted by Gasteiger charge is 2.26. The number of carbonyl (C=O) groups excluding carboxylic acids is 2. The summed E-state index contributed by atoms with van der Waals surface area (Å²) in [4.78, 5) is 23.4. The van der Waals surface area contributed by atoms with E-state index >= 15 is 0 Å². The summed E-state index contributed by atoms with van der Waals surface area (Å²) in [7, 11) is 3.13. The van der Waals surface area contributed by atoms with Gasteiger partial charge in [0.2, 0.25) is 0 Å². The second kappa shape index (κ2) is 6.42. The normalized spacial score (nSPS) is 21.8. The zero-order valence-corrected chi connectivity index (χ0v) is 10.8. The topological polar surface area (TPSA) is 55.4 Å². The molecule has 17 heavy (non-hydrogen) atoms. The van der Waals surface area contributed by atoms with E-state index in [0.717, 1.165) is 25.0 Å². The van der Waals surface area contributed by atoms with Crippen LogP contribution >= 0.6 is 0 Å². The molecule has 0 aromatic rings. The number of Topliss-reactive ketones (excluding diaryl/α,β-unsaturated/α-hetero) is 1. The van der Waals surface area contributed by atoms with Crippen LogP contribution in [0, 0.1) is 5.92 Å². The van der Waals surface area contributed by atoms with Crippen LogP contribution in [0.2, 0.25) is 0 Å². The van der Waals surface area contributed by atoms with Gasteiger partial charge in [-0.25, -0.2) is 4.79 Å². The first-order chi connectivity index (χ1) is 8.10. The summed E-state index contributed by atoms with van der Waals surface area (Å²) < 4.78 is 4.76. The summed E-state index contributed by atoms with van der Waals surface area (Å²) in [5, 5.41) is 2.95. The fraction of sp³-hybridized carbons (Fsp3) is 0.692. The number of hydrogen-bond donors (Lipinski definition) is 1. The Morgan fingerprint density at radius 2 is 2.18 bits per heavy atom. The molecule has 1 atom stereocenters. The lowest BCUT2D eigenvalue weighted by atomic mass is 9.83. The molecule has 0 spiro atoms. The lowest BCUT2D eigenvalue weighted by molar-refractivity contribution is -0.136. The standard InChI is InChI=1S/C13H21NO3/c1-9(14-2)11(13(16)17-3)8-10-6-4-5-7-12(10)15/h10,14H,4-8H2,1-3H3/b11-9+. The van der Waals surface area contributed by atoms with Gasteiger partial charge in [0.15, 0.2) is 0 Å². The van der Waals surface area contributed by atoms with Gasteiger partial charge in [-0.3, -0.25) is 4.79 Å². The fourth-order valence-corrected chi connectivity index (χ4v) is 2.18. The fourth-order valence-electron chi connectivity index (χ4n) is 2.18. The highest BCUT2D eigenvalue weighted by atomic mass is 16.5. The zero-order valence-electron chi connectivity index (χ0n) is 10.8. The Hall–Kier alpha value is -1.32. The van der Waals surface area contributed by atoms with Gasteiger partial charge in [-0.05, 0) is 26.2 Å². The molecule has 1 aliphatic carbocycles. The van der Waals surface area contributed by atoms with E-state index in [1.165, 1.54) is 7.11 Å². The summed E-state index contributed by atoms with van der Waals surface area (Å²) in [5.41, 5.74) is 1.38. The van der Waals surface area contributed by atoms with Crippen LogP contribution in [0.5, 0.6) is 0 Å². The van der Waals surface area contributed by atoms with Gasteiger partial charge in [0.05, 0.1) is 12.7 Å². The molecule has 96 valence electrons. The second-order valence-corrected chi connectivity index (χ2v) is 4.46. The summed E-state index contributed by atoms with van der Waals surface area (Å²) in [6.07, 6.45) is 4.09. The van der Waals surface area contributed by atoms with E-state index in [9.17, 15) is 9.59 Å². The van der Waals surface area contributed by atoms with Gasteiger partial charge in [-0.2, -0.15) is 0 Å². The number of nitrogens with one attached hydrogen (secondary N) is 1. The minimum absolute atomic E-state index is 0.0128. The molecule has 1 aliphatic rings. The van der Waals surface area contributed by atoms with Gasteiger partial charge in [0, 0.05) is 25.1 Å². The van der Waals surface area contributed by atoms with Crippen molar-refractivity contribution in [3.63, 3.8) is 0 Å². The average Bonchev–Trinajstić information content (AvgIpc) is 2.36. The van der Waals surface area contributed by atoms with E-state index in [4.69, 9.17) is 4.74 Å². The van der Waals surface area contributed by atoms with Crippen molar-refractivity contribution in [3.8, 4) is 0 Å². The third-order valence-electron chi connectivity index (χ3n) is 3.39. The molecule has 0 aromatic carbocycles. The van der Waals surface area contributed by atoms with Crippen molar-refractivity contribution in [2.45, 2.75) is 39.0 Å². The number of rotatable bonds is 4. The van der Waals surface area contributed by atoms with E-state index < -0.39 is 0 Å². The highest BCUT2D eigenvalue weighted by Crippen LogP contribution is 2.27. The van der Waals surface area contributed by atoms with Crippen molar-refractivity contribution < 1.29 is 14.3 Å². The van der Waals surface area contributed by atoms with Crippen molar-refractivity contribution in [1.82, 2.24) is 5.32 Å². The Morgan fingerprint density at radius 1 is 1.47 bits per heavy atom. The minimum atomic E-state index is -0.338. The number of ether oxygens (including phenoxy) is 1. The van der Waals surface area contributed by atoms with Crippen LogP contribution in [0.4, 0.5) is 0 Å². The van der Waals surface area contributed by atoms with E-state index in [-0.39, 0.29) is 17.7 Å². The molecule has 0 aromatic heterocycles. The molecule has 4 nitrogen and oxygen atoms in total. The van der Waals surface area contributed by atoms with Crippen molar-refractivity contribution >= 4 is 11.8 Å². The predicted molar refractivity (Wildman–Crippen MR) is 65.4 cm³/mol. The predicted octanol–water partition coefficient (Wildman–Crippen LogP) is 1.80. The van der Waals surface area contributed by atoms with Gasteiger partial charge in [0.25, 0.3) is 0 Å². The number of ketones is 1. The summed E-state index contributed by atoms with van der Waals surface area (Å²) in [5.74, 6) is -0.0714. The SMILES string of the molecule is CN/C(C)=C(\CC1CCCCC1=O)C(=O)OC. The van der Waals surface area contributed by atoms with Gasteiger partial charge in [-0.15, -0.1) is 0 Å². The zero-order chi connectivity index (χ0) is 12.8. The summed E-state index contributed by atoms with van der Waals surface area (Å²) >= 11 is 0. The van der Waals surface area contributed by atoms with Crippen LogP contribution in [0.25, 0.3) is 0 Å². The number of hydrogen-bond acceptors (Lipinski definition) is 4. The lowest BCUT2D eigenvalue weighted by Crippen LogP contribution is -2.23. The maximum atomic E-state index is 11.8. The summed E-state index contributed by atoms with van der Waals surface area (Å²) in [6, 6.07) is 0. The Morgan fingerprint density at radius 3 is 2.71 bits per heavy atom. The second-order valence-electron chi connectivity index (χ2n) is 4.46. The van der Waals surface area contributed by atoms with Crippen LogP contribution in [0.15, 0.2) is 11.3 Å². The van der Waals surface area contributed by atoms with E-state index in [0.29, 0.717) is 18.4 Å². The number of allylic oxidation sites excluding steroid dienone is 1. The van der Waals surface area contributed by atoms with Crippen molar-refractivity contribution in [3.05, 3.63) is 11.3 Å². The molecule has 0 heterocycles. The number of methoxy groups -OCH3 is 1. The largest absolute Gasteiger partial charge is 0.466 e. The average molecular weight is 239 g/mol. The van der Waals surface area contributed by atoms with Crippen LogP contribution < -0.4 is 5.32 Å². The molecule has 1 rings (SSSR count). The first-order valence-corrected chi connectivity index (χ1v) is 6.08. The van der Waals surface area contributed by atoms with Gasteiger partial charge < -0.3 is 10.1 Å². The molecule has 0 bridgehead atoms. The van der Waals surface area contributed by atoms with Crippen molar-refractivity contribution in [2.75, 3.05) is 14.2 Å². The van der Waals surface area contributed by atoms with E-state index in [1.54, 1.807) is 7.05 Å². The van der Waals surface area contributed by atoms with Crippen molar-refractivity contribution in [1.29, 1.82) is 0 Å². The van der Waals surface area contributed by atoms with Gasteiger partial charge >= 0.3 is 5.97 Å². The first kappa shape index (κ1) is 13.7. The molecule has 0 amide bonds. The highest BCUT2D eigenvalue weighted by molar-refractivity contribution is 5.91. The third kappa shape index (κ3) is 3.58. The molecular weight excluding hydrogens is 218 g/mol. The Labute approximate surface area is 102 Å². The Kier molecular flexibility index (Phi) is 5.19. The third-order valence-corrected chi connectivity index (χ3v) is 3.39. The van der Waals surface area contributed by atoms with Gasteiger partial charge in [-0.1, -0.05) is 6.42 Å².